The number of rotatable bonds is 1. The van der Waals surface area contributed by atoms with Crippen molar-refractivity contribution in [2.24, 2.45) is 0 Å². The Balaban J connectivity index is 1.87. The molecule has 0 aromatic heterocycles. The molecule has 0 radical (unpaired) electrons. The van der Waals surface area contributed by atoms with E-state index in [2.05, 4.69) is 29.0 Å². The lowest BCUT2D eigenvalue weighted by Gasteiger charge is -2.45. The van der Waals surface area contributed by atoms with Crippen LogP contribution in [0.5, 0.6) is 0 Å². The van der Waals surface area contributed by atoms with Gasteiger partial charge in [0.2, 0.25) is 0 Å². The van der Waals surface area contributed by atoms with E-state index in [9.17, 15) is 0 Å². The lowest BCUT2D eigenvalue weighted by molar-refractivity contribution is 0.0796. The molecule has 2 aliphatic heterocycles. The highest BCUT2D eigenvalue weighted by atomic mass is 32.1. The molecular formula is C12H23N3S. The Morgan fingerprint density at radius 3 is 2.81 bits per heavy atom. The monoisotopic (exact) mass is 241 g/mol. The van der Waals surface area contributed by atoms with Gasteiger partial charge in [-0.25, -0.2) is 0 Å². The van der Waals surface area contributed by atoms with Crippen LogP contribution in [0.1, 0.15) is 33.1 Å². The second kappa shape index (κ2) is 5.32. The molecule has 92 valence electrons. The molecule has 2 aliphatic rings. The minimum atomic E-state index is 0.442. The van der Waals surface area contributed by atoms with Crippen LogP contribution in [-0.4, -0.2) is 53.2 Å². The molecule has 2 fully saturated rings. The predicted octanol–water partition coefficient (Wildman–Crippen LogP) is 1.44. The fourth-order valence-electron chi connectivity index (χ4n) is 2.68. The third kappa shape index (κ3) is 2.86. The second-order valence-corrected chi connectivity index (χ2v) is 5.62. The van der Waals surface area contributed by atoms with Gasteiger partial charge in [0.15, 0.2) is 5.11 Å². The van der Waals surface area contributed by atoms with E-state index in [0.717, 1.165) is 24.2 Å². The van der Waals surface area contributed by atoms with Gasteiger partial charge in [-0.15, -0.1) is 0 Å². The van der Waals surface area contributed by atoms with Crippen molar-refractivity contribution in [2.75, 3.05) is 26.2 Å². The zero-order chi connectivity index (χ0) is 11.5. The summed E-state index contributed by atoms with van der Waals surface area (Å²) in [5.41, 5.74) is 0. The molecule has 1 atom stereocenters. The zero-order valence-electron chi connectivity index (χ0n) is 10.4. The summed E-state index contributed by atoms with van der Waals surface area (Å²) in [6.45, 7) is 8.98. The smallest absolute Gasteiger partial charge is 0.169 e. The average Bonchev–Trinajstić information content (AvgIpc) is 2.27. The van der Waals surface area contributed by atoms with Gasteiger partial charge >= 0.3 is 0 Å². The van der Waals surface area contributed by atoms with Crippen molar-refractivity contribution in [3.63, 3.8) is 0 Å². The molecule has 0 spiro atoms. The summed E-state index contributed by atoms with van der Waals surface area (Å²) in [5.74, 6) is 0. The Morgan fingerprint density at radius 1 is 1.25 bits per heavy atom. The van der Waals surface area contributed by atoms with Crippen molar-refractivity contribution in [1.29, 1.82) is 0 Å². The number of hydrogen-bond donors (Lipinski definition) is 1. The Kier molecular flexibility index (Phi) is 4.03. The van der Waals surface area contributed by atoms with Crippen LogP contribution >= 0.6 is 12.2 Å². The summed E-state index contributed by atoms with van der Waals surface area (Å²) < 4.78 is 0. The maximum Gasteiger partial charge on any atom is 0.169 e. The molecule has 0 saturated carbocycles. The van der Waals surface area contributed by atoms with Gasteiger partial charge in [0.1, 0.15) is 0 Å². The van der Waals surface area contributed by atoms with E-state index in [0.29, 0.717) is 6.04 Å². The van der Waals surface area contributed by atoms with E-state index < -0.39 is 0 Å². The summed E-state index contributed by atoms with van der Waals surface area (Å²) in [5, 5.41) is 4.29. The van der Waals surface area contributed by atoms with Gasteiger partial charge < -0.3 is 10.2 Å². The van der Waals surface area contributed by atoms with Crippen molar-refractivity contribution in [3.8, 4) is 0 Å². The molecule has 2 rings (SSSR count). The SMILES string of the molecule is CC(C)NC(=S)N1CCN2CCCCC2C1. The first-order valence-electron chi connectivity index (χ1n) is 6.46. The van der Waals surface area contributed by atoms with Crippen LogP contribution < -0.4 is 5.32 Å². The van der Waals surface area contributed by atoms with Gasteiger partial charge in [0.25, 0.3) is 0 Å². The molecular weight excluding hydrogens is 218 g/mol. The van der Waals surface area contributed by atoms with E-state index in [1.165, 1.54) is 32.4 Å². The van der Waals surface area contributed by atoms with E-state index in [1.807, 2.05) is 0 Å². The maximum absolute atomic E-state index is 5.44. The van der Waals surface area contributed by atoms with Crippen LogP contribution in [0.15, 0.2) is 0 Å². The lowest BCUT2D eigenvalue weighted by atomic mass is 10.00. The van der Waals surface area contributed by atoms with Crippen molar-refractivity contribution in [2.45, 2.75) is 45.2 Å². The molecule has 1 unspecified atom stereocenters. The van der Waals surface area contributed by atoms with Crippen molar-refractivity contribution < 1.29 is 0 Å². The van der Waals surface area contributed by atoms with E-state index in [1.54, 1.807) is 0 Å². The van der Waals surface area contributed by atoms with Crippen LogP contribution in [0.3, 0.4) is 0 Å². The Labute approximate surface area is 104 Å². The van der Waals surface area contributed by atoms with Crippen molar-refractivity contribution in [3.05, 3.63) is 0 Å². The van der Waals surface area contributed by atoms with Crippen LogP contribution in [0, 0.1) is 0 Å². The second-order valence-electron chi connectivity index (χ2n) is 5.24. The number of piperidine rings is 1. The van der Waals surface area contributed by atoms with Crippen LogP contribution in [-0.2, 0) is 0 Å². The largest absolute Gasteiger partial charge is 0.360 e. The third-order valence-electron chi connectivity index (χ3n) is 3.54. The molecule has 0 amide bonds. The number of nitrogens with one attached hydrogen (secondary N) is 1. The topological polar surface area (TPSA) is 18.5 Å². The molecule has 4 heteroatoms. The lowest BCUT2D eigenvalue weighted by Crippen LogP contribution is -2.58. The maximum atomic E-state index is 5.44. The molecule has 0 aromatic rings. The summed E-state index contributed by atoms with van der Waals surface area (Å²) in [4.78, 5) is 4.99. The first-order valence-corrected chi connectivity index (χ1v) is 6.87. The van der Waals surface area contributed by atoms with Gasteiger partial charge in [-0.1, -0.05) is 6.42 Å². The molecule has 16 heavy (non-hydrogen) atoms. The highest BCUT2D eigenvalue weighted by Gasteiger charge is 2.29. The van der Waals surface area contributed by atoms with Gasteiger partial charge in [0, 0.05) is 31.7 Å². The summed E-state index contributed by atoms with van der Waals surface area (Å²) in [6.07, 6.45) is 4.12. The predicted molar refractivity (Wildman–Crippen MR) is 71.7 cm³/mol. The number of fused-ring (bicyclic) bond motifs is 1. The van der Waals surface area contributed by atoms with E-state index in [-0.39, 0.29) is 0 Å². The molecule has 2 saturated heterocycles. The van der Waals surface area contributed by atoms with E-state index >= 15 is 0 Å². The normalized spacial score (nSPS) is 26.7. The van der Waals surface area contributed by atoms with Gasteiger partial charge in [-0.05, 0) is 45.5 Å². The number of nitrogens with zero attached hydrogens (tertiary/aromatic N) is 2. The van der Waals surface area contributed by atoms with Crippen LogP contribution in [0.2, 0.25) is 0 Å². The molecule has 0 aliphatic carbocycles. The standard InChI is InChI=1S/C12H23N3S/c1-10(2)13-12(16)15-8-7-14-6-4-3-5-11(14)9-15/h10-11H,3-9H2,1-2H3,(H,13,16). The fraction of sp³-hybridized carbons (Fsp3) is 0.917. The van der Waals surface area contributed by atoms with Gasteiger partial charge in [0.05, 0.1) is 0 Å². The molecule has 2 heterocycles. The zero-order valence-corrected chi connectivity index (χ0v) is 11.2. The highest BCUT2D eigenvalue weighted by molar-refractivity contribution is 7.80. The van der Waals surface area contributed by atoms with Gasteiger partial charge in [-0.3, -0.25) is 4.90 Å². The summed E-state index contributed by atoms with van der Waals surface area (Å²) in [7, 11) is 0. The quantitative estimate of drug-likeness (QED) is 0.700. The minimum absolute atomic E-state index is 0.442. The first-order chi connectivity index (χ1) is 7.66. The van der Waals surface area contributed by atoms with Crippen LogP contribution in [0.4, 0.5) is 0 Å². The molecule has 0 aromatic carbocycles. The molecule has 1 N–H and O–H groups in total. The Morgan fingerprint density at radius 2 is 2.06 bits per heavy atom. The van der Waals surface area contributed by atoms with E-state index in [4.69, 9.17) is 12.2 Å². The van der Waals surface area contributed by atoms with Crippen molar-refractivity contribution >= 4 is 17.3 Å². The first kappa shape index (κ1) is 12.1. The molecule has 0 bridgehead atoms. The number of thiocarbonyl (C=S) groups is 1. The number of piperazine rings is 1. The fourth-order valence-corrected chi connectivity index (χ4v) is 3.08. The Bertz CT molecular complexity index is 255. The minimum Gasteiger partial charge on any atom is -0.360 e. The summed E-state index contributed by atoms with van der Waals surface area (Å²) in [6, 6.07) is 1.19. The van der Waals surface area contributed by atoms with Gasteiger partial charge in [-0.2, -0.15) is 0 Å². The van der Waals surface area contributed by atoms with Crippen LogP contribution in [0.25, 0.3) is 0 Å². The highest BCUT2D eigenvalue weighted by Crippen LogP contribution is 2.21. The average molecular weight is 241 g/mol. The Hall–Kier alpha value is -0.350. The van der Waals surface area contributed by atoms with Crippen molar-refractivity contribution in [1.82, 2.24) is 15.1 Å². The number of hydrogen-bond acceptors (Lipinski definition) is 2. The third-order valence-corrected chi connectivity index (χ3v) is 3.91. The molecule has 3 nitrogen and oxygen atoms in total. The summed E-state index contributed by atoms with van der Waals surface area (Å²) >= 11 is 5.44.